The van der Waals surface area contributed by atoms with E-state index in [1.165, 1.54) is 28.4 Å². The first-order chi connectivity index (χ1) is 16.7. The van der Waals surface area contributed by atoms with Gasteiger partial charge in [0.15, 0.2) is 0 Å². The highest BCUT2D eigenvalue weighted by molar-refractivity contribution is 7.17. The summed E-state index contributed by atoms with van der Waals surface area (Å²) in [5.74, 6) is -2.02. The van der Waals surface area contributed by atoms with Gasteiger partial charge in [-0.3, -0.25) is 9.36 Å². The number of carboxylic acids is 1. The molecule has 0 spiro atoms. The maximum absolute atomic E-state index is 13.3. The Morgan fingerprint density at radius 2 is 2.14 bits per heavy atom. The van der Waals surface area contributed by atoms with Gasteiger partial charge in [0.1, 0.15) is 23.3 Å². The van der Waals surface area contributed by atoms with Crippen LogP contribution in [0.2, 0.25) is 0 Å². The van der Waals surface area contributed by atoms with Crippen LogP contribution in [0.15, 0.2) is 12.4 Å². The molecule has 2 aliphatic rings. The summed E-state index contributed by atoms with van der Waals surface area (Å²) in [6.07, 6.45) is 2.01. The quantitative estimate of drug-likeness (QED) is 0.420. The fourth-order valence-corrected chi connectivity index (χ4v) is 5.42. The fraction of sp³-hybridized carbons (Fsp3) is 0.450. The smallest absolute Gasteiger partial charge is 0.388 e. The molecule has 1 fully saturated rings. The van der Waals surface area contributed by atoms with E-state index in [2.05, 4.69) is 30.7 Å². The van der Waals surface area contributed by atoms with Crippen LogP contribution in [0.4, 0.5) is 29.9 Å². The first-order valence-corrected chi connectivity index (χ1v) is 11.5. The fourth-order valence-electron chi connectivity index (χ4n) is 4.18. The number of fused-ring (bicyclic) bond motifs is 1. The zero-order valence-electron chi connectivity index (χ0n) is 18.2. The number of rotatable bonds is 8. The minimum atomic E-state index is -3.01. The number of carbonyl (C=O) groups is 2. The second kappa shape index (κ2) is 8.87. The number of amides is 1. The van der Waals surface area contributed by atoms with E-state index >= 15 is 0 Å². The zero-order chi connectivity index (χ0) is 24.9. The molecule has 0 bridgehead atoms. The molecule has 2 aliphatic carbocycles. The Labute approximate surface area is 199 Å². The van der Waals surface area contributed by atoms with Crippen LogP contribution in [0.1, 0.15) is 39.7 Å². The highest BCUT2D eigenvalue weighted by Crippen LogP contribution is 2.43. The average Bonchev–Trinajstić information content (AvgIpc) is 3.10. The number of carboxylic acid groups (broad SMARTS) is 1. The minimum absolute atomic E-state index is 0.0158. The summed E-state index contributed by atoms with van der Waals surface area (Å²) in [4.78, 5) is 25.1. The van der Waals surface area contributed by atoms with Crippen LogP contribution in [-0.4, -0.2) is 54.3 Å². The molecule has 0 aromatic carbocycles. The van der Waals surface area contributed by atoms with Crippen molar-refractivity contribution in [2.75, 3.05) is 10.6 Å². The number of hydrogen-bond donors (Lipinski definition) is 3. The molecule has 0 unspecified atom stereocenters. The number of anilines is 3. The molecule has 3 atom stereocenters. The first kappa shape index (κ1) is 23.1. The van der Waals surface area contributed by atoms with Crippen LogP contribution in [0.5, 0.6) is 5.88 Å². The van der Waals surface area contributed by atoms with Crippen molar-refractivity contribution in [1.29, 1.82) is 0 Å². The van der Waals surface area contributed by atoms with Crippen molar-refractivity contribution in [2.45, 2.75) is 44.5 Å². The van der Waals surface area contributed by atoms with Gasteiger partial charge in [0.05, 0.1) is 11.5 Å². The molecular weight excluding hydrogens is 491 g/mol. The van der Waals surface area contributed by atoms with Crippen LogP contribution in [-0.2, 0) is 24.7 Å². The predicted molar refractivity (Wildman–Crippen MR) is 117 cm³/mol. The Balaban J connectivity index is 1.37. The van der Waals surface area contributed by atoms with Gasteiger partial charge in [-0.1, -0.05) is 0 Å². The van der Waals surface area contributed by atoms with E-state index in [4.69, 9.17) is 0 Å². The zero-order valence-corrected chi connectivity index (χ0v) is 19.1. The number of hydrogen-bond acceptors (Lipinski definition) is 8. The number of thiophene rings is 1. The third-order valence-corrected chi connectivity index (χ3v) is 7.22. The maximum atomic E-state index is 13.3. The van der Waals surface area contributed by atoms with E-state index in [1.54, 1.807) is 11.6 Å². The second-order valence-corrected chi connectivity index (χ2v) is 9.42. The standard InChI is InChI=1S/C20H20F3N7O4S/c1-29-13(6-14(28-29)34-19(22)23)25-20-27-24-7-30(20)8-2-3-12-10(4-8)15(18(32)33)17(35-12)26-16(31)9-5-11(9)21/h6-9,11,19H,2-5H2,1H3,(H,25,27)(H,26,31)(H,32,33)/t8-,9-,11-/m0/s1. The number of halogens is 3. The Bertz CT molecular complexity index is 1290. The number of aromatic nitrogens is 5. The Morgan fingerprint density at radius 1 is 1.37 bits per heavy atom. The number of nitrogens with zero attached hydrogens (tertiary/aromatic N) is 5. The molecule has 1 amide bonds. The summed E-state index contributed by atoms with van der Waals surface area (Å²) >= 11 is 1.20. The van der Waals surface area contributed by atoms with E-state index in [9.17, 15) is 27.9 Å². The van der Waals surface area contributed by atoms with Crippen LogP contribution >= 0.6 is 11.3 Å². The predicted octanol–water partition coefficient (Wildman–Crippen LogP) is 3.14. The lowest BCUT2D eigenvalue weighted by molar-refractivity contribution is -0.117. The molecule has 15 heteroatoms. The molecule has 3 aromatic heterocycles. The van der Waals surface area contributed by atoms with Gasteiger partial charge in [-0.25, -0.2) is 13.9 Å². The number of aromatic carboxylic acids is 1. The van der Waals surface area contributed by atoms with Crippen molar-refractivity contribution >= 4 is 40.0 Å². The SMILES string of the molecule is Cn1nc(OC(F)F)cc1Nc1nncn1[C@H]1CCc2sc(NC(=O)[C@H]3C[C@@H]3F)c(C(=O)O)c2C1. The summed E-state index contributed by atoms with van der Waals surface area (Å²) in [6.45, 7) is -3.01. The molecule has 3 aromatic rings. The third kappa shape index (κ3) is 4.54. The molecule has 5 rings (SSSR count). The topological polar surface area (TPSA) is 136 Å². The minimum Gasteiger partial charge on any atom is -0.478 e. The number of aryl methyl sites for hydroxylation is 2. The third-order valence-electron chi connectivity index (χ3n) is 6.01. The van der Waals surface area contributed by atoms with E-state index < -0.39 is 30.6 Å². The summed E-state index contributed by atoms with van der Waals surface area (Å²) in [5, 5.41) is 27.5. The second-order valence-electron chi connectivity index (χ2n) is 8.31. The highest BCUT2D eigenvalue weighted by atomic mass is 32.1. The maximum Gasteiger partial charge on any atom is 0.388 e. The van der Waals surface area contributed by atoms with E-state index in [1.807, 2.05) is 0 Å². The van der Waals surface area contributed by atoms with Gasteiger partial charge in [0, 0.05) is 24.0 Å². The van der Waals surface area contributed by atoms with E-state index in [0.29, 0.717) is 36.6 Å². The summed E-state index contributed by atoms with van der Waals surface area (Å²) in [6, 6.07) is 1.09. The van der Waals surface area contributed by atoms with Gasteiger partial charge in [0.25, 0.3) is 0 Å². The molecule has 0 radical (unpaired) electrons. The number of alkyl halides is 3. The summed E-state index contributed by atoms with van der Waals surface area (Å²) < 4.78 is 45.6. The Morgan fingerprint density at radius 3 is 2.83 bits per heavy atom. The van der Waals surface area contributed by atoms with Crippen LogP contribution in [0.3, 0.4) is 0 Å². The number of ether oxygens (including phenoxy) is 1. The van der Waals surface area contributed by atoms with Gasteiger partial charge in [-0.2, -0.15) is 8.78 Å². The van der Waals surface area contributed by atoms with Gasteiger partial charge in [0.2, 0.25) is 17.7 Å². The van der Waals surface area contributed by atoms with E-state index in [0.717, 1.165) is 4.88 Å². The van der Waals surface area contributed by atoms with Crippen LogP contribution in [0, 0.1) is 5.92 Å². The van der Waals surface area contributed by atoms with Crippen molar-refractivity contribution in [3.63, 3.8) is 0 Å². The van der Waals surface area contributed by atoms with Crippen molar-refractivity contribution in [1.82, 2.24) is 24.5 Å². The molecule has 1 saturated carbocycles. The summed E-state index contributed by atoms with van der Waals surface area (Å²) in [7, 11) is 1.54. The number of nitrogens with one attached hydrogen (secondary N) is 2. The lowest BCUT2D eigenvalue weighted by atomic mass is 9.91. The normalized spacial score (nSPS) is 21.0. The van der Waals surface area contributed by atoms with Gasteiger partial charge < -0.3 is 20.5 Å². The van der Waals surface area contributed by atoms with Gasteiger partial charge in [-0.15, -0.1) is 26.6 Å². The van der Waals surface area contributed by atoms with Crippen LogP contribution < -0.4 is 15.4 Å². The van der Waals surface area contributed by atoms with Crippen LogP contribution in [0.25, 0.3) is 0 Å². The average molecular weight is 511 g/mol. The molecule has 3 N–H and O–H groups in total. The van der Waals surface area contributed by atoms with Crippen molar-refractivity contribution in [2.24, 2.45) is 13.0 Å². The molecule has 11 nitrogen and oxygen atoms in total. The molecule has 3 heterocycles. The van der Waals surface area contributed by atoms with Gasteiger partial charge in [-0.05, 0) is 31.2 Å². The Hall–Kier alpha value is -3.62. The lowest BCUT2D eigenvalue weighted by Crippen LogP contribution is -2.21. The molecule has 0 saturated heterocycles. The monoisotopic (exact) mass is 511 g/mol. The highest BCUT2D eigenvalue weighted by Gasteiger charge is 2.44. The number of carbonyl (C=O) groups excluding carboxylic acids is 1. The van der Waals surface area contributed by atoms with Gasteiger partial charge >= 0.3 is 12.6 Å². The Kier molecular flexibility index (Phi) is 5.86. The van der Waals surface area contributed by atoms with E-state index in [-0.39, 0.29) is 28.9 Å². The molecule has 186 valence electrons. The molecule has 0 aliphatic heterocycles. The summed E-state index contributed by atoms with van der Waals surface area (Å²) in [5.41, 5.74) is 0.622. The first-order valence-electron chi connectivity index (χ1n) is 10.7. The lowest BCUT2D eigenvalue weighted by Gasteiger charge is -2.25. The van der Waals surface area contributed by atoms with Crippen molar-refractivity contribution in [3.05, 3.63) is 28.4 Å². The van der Waals surface area contributed by atoms with Crippen molar-refractivity contribution in [3.8, 4) is 5.88 Å². The van der Waals surface area contributed by atoms with Crippen molar-refractivity contribution < 1.29 is 32.6 Å². The molecular formula is C20H20F3N7O4S. The molecule has 35 heavy (non-hydrogen) atoms. The largest absolute Gasteiger partial charge is 0.478 e.